The number of fused-ring (bicyclic) bond motifs is 3. The molecule has 0 aromatic heterocycles. The van der Waals surface area contributed by atoms with Gasteiger partial charge in [-0.05, 0) is 31.2 Å². The van der Waals surface area contributed by atoms with Crippen molar-refractivity contribution in [2.24, 2.45) is 0 Å². The lowest BCUT2D eigenvalue weighted by molar-refractivity contribution is -0.131. The van der Waals surface area contributed by atoms with E-state index in [0.29, 0.717) is 41.0 Å². The van der Waals surface area contributed by atoms with Gasteiger partial charge < -0.3 is 33.9 Å². The minimum atomic E-state index is -1.06. The fraction of sp³-hybridized carbons (Fsp3) is 0.350. The highest BCUT2D eigenvalue weighted by atomic mass is 16.7. The molecule has 28 heavy (non-hydrogen) atoms. The molecule has 2 aromatic carbocycles. The first-order valence-electron chi connectivity index (χ1n) is 9.08. The Morgan fingerprint density at radius 2 is 1.86 bits per heavy atom. The van der Waals surface area contributed by atoms with E-state index in [1.165, 1.54) is 0 Å². The third kappa shape index (κ3) is 2.60. The lowest BCUT2D eigenvalue weighted by atomic mass is 9.95. The molecule has 1 N–H and O–H groups in total. The Kier molecular flexibility index (Phi) is 3.94. The monoisotopic (exact) mass is 384 g/mol. The molecule has 0 unspecified atom stereocenters. The first kappa shape index (κ1) is 17.0. The van der Waals surface area contributed by atoms with Gasteiger partial charge in [0.25, 0.3) is 0 Å². The molecule has 3 aliphatic rings. The Labute approximate surface area is 161 Å². The summed E-state index contributed by atoms with van der Waals surface area (Å²) in [6.45, 7) is 1.63. The van der Waals surface area contributed by atoms with Gasteiger partial charge in [-0.3, -0.25) is 4.79 Å². The lowest BCUT2D eigenvalue weighted by Crippen LogP contribution is -2.35. The molecule has 0 aliphatic carbocycles. The van der Waals surface area contributed by atoms with Gasteiger partial charge in [-0.1, -0.05) is 12.1 Å². The Balaban J connectivity index is 1.50. The van der Waals surface area contributed by atoms with E-state index >= 15 is 0 Å². The lowest BCUT2D eigenvalue weighted by Gasteiger charge is -2.29. The summed E-state index contributed by atoms with van der Waals surface area (Å²) in [7, 11) is 3.66. The topological polar surface area (TPSA) is 78.5 Å². The maximum Gasteiger partial charge on any atom is 0.322 e. The van der Waals surface area contributed by atoms with Crippen LogP contribution in [-0.4, -0.2) is 44.6 Å². The van der Waals surface area contributed by atoms with Crippen LogP contribution < -0.4 is 29.0 Å². The predicted molar refractivity (Wildman–Crippen MR) is 99.3 cm³/mol. The van der Waals surface area contributed by atoms with E-state index in [1.54, 1.807) is 19.2 Å². The molecule has 146 valence electrons. The second kappa shape index (κ2) is 6.49. The van der Waals surface area contributed by atoms with Gasteiger partial charge in [0.15, 0.2) is 23.0 Å². The van der Waals surface area contributed by atoms with Crippen molar-refractivity contribution in [3.05, 3.63) is 35.4 Å². The van der Waals surface area contributed by atoms with Crippen LogP contribution in [0, 0.1) is 0 Å². The van der Waals surface area contributed by atoms with Crippen LogP contribution in [0.25, 0.3) is 0 Å². The van der Waals surface area contributed by atoms with Crippen molar-refractivity contribution in [2.45, 2.75) is 19.3 Å². The number of nitrogens with one attached hydrogen (secondary N) is 1. The largest absolute Gasteiger partial charge is 0.492 e. The van der Waals surface area contributed by atoms with E-state index in [9.17, 15) is 4.79 Å². The highest BCUT2D eigenvalue weighted by Gasteiger charge is 2.36. The number of hydrogen-bond donors (Lipinski definition) is 1. The molecule has 0 radical (unpaired) electrons. The molecule has 5 rings (SSSR count). The standard InChI is InChI=1S/C20H20N2O6/c1-22-8-7-11-12(9-22)16(24-2)18-17(25-10-26-18)15(11)21-19(23)20-27-13-5-3-4-6-14(13)28-20/h3-6,20H,7-10H2,1-2H3,(H,21,23). The minimum Gasteiger partial charge on any atom is -0.492 e. The fourth-order valence-electron chi connectivity index (χ4n) is 3.83. The van der Waals surface area contributed by atoms with Crippen molar-refractivity contribution in [2.75, 3.05) is 32.8 Å². The zero-order valence-corrected chi connectivity index (χ0v) is 15.6. The molecule has 0 bridgehead atoms. The molecule has 3 heterocycles. The molecular weight excluding hydrogens is 364 g/mol. The van der Waals surface area contributed by atoms with Gasteiger partial charge in [0.1, 0.15) is 0 Å². The Bertz CT molecular complexity index is 935. The van der Waals surface area contributed by atoms with Crippen LogP contribution in [0.3, 0.4) is 0 Å². The van der Waals surface area contributed by atoms with Crippen molar-refractivity contribution >= 4 is 11.6 Å². The van der Waals surface area contributed by atoms with Gasteiger partial charge in [-0.15, -0.1) is 0 Å². The number of para-hydroxylation sites is 2. The van der Waals surface area contributed by atoms with Gasteiger partial charge in [-0.25, -0.2) is 0 Å². The van der Waals surface area contributed by atoms with E-state index in [0.717, 1.165) is 24.1 Å². The zero-order valence-electron chi connectivity index (χ0n) is 15.6. The molecule has 8 heteroatoms. The maximum absolute atomic E-state index is 12.9. The molecule has 3 aliphatic heterocycles. The van der Waals surface area contributed by atoms with E-state index < -0.39 is 12.2 Å². The van der Waals surface area contributed by atoms with Crippen LogP contribution in [0.4, 0.5) is 5.69 Å². The van der Waals surface area contributed by atoms with Crippen LogP contribution in [0.5, 0.6) is 28.7 Å². The summed E-state index contributed by atoms with van der Waals surface area (Å²) in [5.74, 6) is 2.36. The Morgan fingerprint density at radius 1 is 1.14 bits per heavy atom. The number of amides is 1. The molecule has 1 amide bonds. The Morgan fingerprint density at radius 3 is 2.57 bits per heavy atom. The Hall–Kier alpha value is -3.13. The number of carbonyl (C=O) groups is 1. The van der Waals surface area contributed by atoms with Crippen molar-refractivity contribution in [3.63, 3.8) is 0 Å². The summed E-state index contributed by atoms with van der Waals surface area (Å²) >= 11 is 0. The third-order valence-electron chi connectivity index (χ3n) is 5.14. The quantitative estimate of drug-likeness (QED) is 0.869. The van der Waals surface area contributed by atoms with Crippen LogP contribution in [0.1, 0.15) is 11.1 Å². The van der Waals surface area contributed by atoms with Gasteiger partial charge in [0, 0.05) is 18.7 Å². The number of rotatable bonds is 3. The number of likely N-dealkylation sites (N-methyl/N-ethyl adjacent to an activating group) is 1. The van der Waals surface area contributed by atoms with Gasteiger partial charge in [0.2, 0.25) is 12.5 Å². The van der Waals surface area contributed by atoms with Crippen LogP contribution in [-0.2, 0) is 17.8 Å². The summed E-state index contributed by atoms with van der Waals surface area (Å²) in [6, 6.07) is 7.19. The molecule has 0 saturated carbocycles. The zero-order chi connectivity index (χ0) is 19.3. The average Bonchev–Trinajstić information content (AvgIpc) is 3.34. The average molecular weight is 384 g/mol. The normalized spacial score (nSPS) is 17.4. The molecule has 8 nitrogen and oxygen atoms in total. The number of hydrogen-bond acceptors (Lipinski definition) is 7. The minimum absolute atomic E-state index is 0.0785. The van der Waals surface area contributed by atoms with E-state index in [2.05, 4.69) is 10.2 Å². The SMILES string of the molecule is COc1c2c(c(NC(=O)C3Oc4ccccc4O3)c3c1OCO3)CCN(C)C2. The van der Waals surface area contributed by atoms with Crippen LogP contribution in [0.15, 0.2) is 24.3 Å². The fourth-order valence-corrected chi connectivity index (χ4v) is 3.83. The molecule has 0 fully saturated rings. The summed E-state index contributed by atoms with van der Waals surface area (Å²) in [5, 5.41) is 2.95. The molecule has 2 aromatic rings. The number of ether oxygens (including phenoxy) is 5. The molecule has 0 spiro atoms. The number of methoxy groups -OCH3 is 1. The predicted octanol–water partition coefficient (Wildman–Crippen LogP) is 2.15. The van der Waals surface area contributed by atoms with E-state index in [4.69, 9.17) is 23.7 Å². The van der Waals surface area contributed by atoms with Gasteiger partial charge in [0.05, 0.1) is 12.8 Å². The highest BCUT2D eigenvalue weighted by molar-refractivity contribution is 5.98. The second-order valence-corrected chi connectivity index (χ2v) is 6.92. The molecule has 0 saturated heterocycles. The molecular formula is C20H20N2O6. The number of nitrogens with zero attached hydrogens (tertiary/aromatic N) is 1. The van der Waals surface area contributed by atoms with Crippen molar-refractivity contribution < 1.29 is 28.5 Å². The maximum atomic E-state index is 12.9. The summed E-state index contributed by atoms with van der Waals surface area (Å²) in [6.07, 6.45) is -0.305. The summed E-state index contributed by atoms with van der Waals surface area (Å²) < 4.78 is 28.2. The van der Waals surface area contributed by atoms with Gasteiger partial charge >= 0.3 is 12.2 Å². The summed E-state index contributed by atoms with van der Waals surface area (Å²) in [5.41, 5.74) is 2.58. The number of benzene rings is 2. The smallest absolute Gasteiger partial charge is 0.322 e. The van der Waals surface area contributed by atoms with E-state index in [-0.39, 0.29) is 6.79 Å². The summed E-state index contributed by atoms with van der Waals surface area (Å²) in [4.78, 5) is 15.1. The molecule has 0 atom stereocenters. The van der Waals surface area contributed by atoms with E-state index in [1.807, 2.05) is 19.2 Å². The number of carbonyl (C=O) groups excluding carboxylic acids is 1. The van der Waals surface area contributed by atoms with Crippen LogP contribution >= 0.6 is 0 Å². The van der Waals surface area contributed by atoms with Crippen molar-refractivity contribution in [1.29, 1.82) is 0 Å². The third-order valence-corrected chi connectivity index (χ3v) is 5.14. The van der Waals surface area contributed by atoms with Gasteiger partial charge in [-0.2, -0.15) is 0 Å². The van der Waals surface area contributed by atoms with Crippen LogP contribution in [0.2, 0.25) is 0 Å². The van der Waals surface area contributed by atoms with Crippen molar-refractivity contribution in [1.82, 2.24) is 4.90 Å². The number of anilines is 1. The van der Waals surface area contributed by atoms with Crippen molar-refractivity contribution in [3.8, 4) is 28.7 Å². The second-order valence-electron chi connectivity index (χ2n) is 6.92. The highest BCUT2D eigenvalue weighted by Crippen LogP contribution is 2.52. The first-order chi connectivity index (χ1) is 13.7. The first-order valence-corrected chi connectivity index (χ1v) is 9.08.